The van der Waals surface area contributed by atoms with E-state index in [2.05, 4.69) is 36.5 Å². The molecule has 0 bridgehead atoms. The number of benzene rings is 1. The lowest BCUT2D eigenvalue weighted by molar-refractivity contribution is 0.642. The summed E-state index contributed by atoms with van der Waals surface area (Å²) in [5.41, 5.74) is 1.54. The van der Waals surface area contributed by atoms with Gasteiger partial charge in [0.05, 0.1) is 0 Å². The van der Waals surface area contributed by atoms with Crippen molar-refractivity contribution in [1.82, 2.24) is 5.32 Å². The predicted molar refractivity (Wildman–Crippen MR) is 58.5 cm³/mol. The molecule has 1 aliphatic heterocycles. The van der Waals surface area contributed by atoms with Crippen molar-refractivity contribution in [2.75, 3.05) is 18.8 Å². The van der Waals surface area contributed by atoms with Gasteiger partial charge in [-0.3, -0.25) is 0 Å². The molecule has 1 aromatic carbocycles. The second-order valence-corrected chi connectivity index (χ2v) is 4.42. The molecule has 0 aliphatic carbocycles. The summed E-state index contributed by atoms with van der Waals surface area (Å²) < 4.78 is 0. The van der Waals surface area contributed by atoms with Crippen LogP contribution in [0.5, 0.6) is 0 Å². The smallest absolute Gasteiger partial charge is 0.0108 e. The normalized spacial score (nSPS) is 20.2. The molecular weight excluding hydrogens is 178 g/mol. The van der Waals surface area contributed by atoms with Gasteiger partial charge in [0.2, 0.25) is 0 Å². The fourth-order valence-corrected chi connectivity index (χ4v) is 2.97. The molecule has 0 fully saturated rings. The van der Waals surface area contributed by atoms with E-state index in [9.17, 15) is 0 Å². The summed E-state index contributed by atoms with van der Waals surface area (Å²) in [6, 6.07) is 8.76. The fourth-order valence-electron chi connectivity index (χ4n) is 1.72. The van der Waals surface area contributed by atoms with Crippen LogP contribution in [0.15, 0.2) is 29.2 Å². The maximum absolute atomic E-state index is 3.42. The lowest BCUT2D eigenvalue weighted by Crippen LogP contribution is -2.20. The summed E-state index contributed by atoms with van der Waals surface area (Å²) in [6.45, 7) is 4.36. The summed E-state index contributed by atoms with van der Waals surface area (Å²) in [5, 5.41) is 3.42. The van der Waals surface area contributed by atoms with Gasteiger partial charge in [0, 0.05) is 23.1 Å². The third-order valence-electron chi connectivity index (χ3n) is 2.44. The minimum atomic E-state index is 0.723. The fraction of sp³-hybridized carbons (Fsp3) is 0.455. The first-order valence-corrected chi connectivity index (χ1v) is 5.83. The van der Waals surface area contributed by atoms with Gasteiger partial charge in [-0.05, 0) is 18.2 Å². The van der Waals surface area contributed by atoms with Crippen molar-refractivity contribution in [2.45, 2.75) is 17.7 Å². The number of rotatable bonds is 3. The first-order valence-electron chi connectivity index (χ1n) is 4.84. The third-order valence-corrected chi connectivity index (χ3v) is 3.69. The van der Waals surface area contributed by atoms with E-state index in [4.69, 9.17) is 0 Å². The third kappa shape index (κ3) is 1.89. The summed E-state index contributed by atoms with van der Waals surface area (Å²) >= 11 is 1.99. The minimum absolute atomic E-state index is 0.723. The maximum atomic E-state index is 3.42. The molecule has 0 aromatic heterocycles. The minimum Gasteiger partial charge on any atom is -0.316 e. The Morgan fingerprint density at radius 2 is 2.31 bits per heavy atom. The Balaban J connectivity index is 2.09. The maximum Gasteiger partial charge on any atom is 0.0108 e. The highest BCUT2D eigenvalue weighted by Gasteiger charge is 2.21. The Hall–Kier alpha value is -0.470. The molecule has 0 radical (unpaired) electrons. The highest BCUT2D eigenvalue weighted by Crippen LogP contribution is 2.38. The molecule has 0 saturated carbocycles. The molecule has 1 aliphatic rings. The number of hydrogen-bond acceptors (Lipinski definition) is 2. The van der Waals surface area contributed by atoms with Gasteiger partial charge in [0.1, 0.15) is 0 Å². The lowest BCUT2D eigenvalue weighted by atomic mass is 10.0. The average molecular weight is 193 g/mol. The Bertz CT molecular complexity index is 285. The molecule has 2 heteroatoms. The molecular formula is C11H15NS. The van der Waals surface area contributed by atoms with E-state index >= 15 is 0 Å². The number of hydrogen-bond donors (Lipinski definition) is 1. The van der Waals surface area contributed by atoms with Crippen molar-refractivity contribution < 1.29 is 0 Å². The van der Waals surface area contributed by atoms with Crippen LogP contribution in [0.25, 0.3) is 0 Å². The van der Waals surface area contributed by atoms with Crippen LogP contribution >= 0.6 is 11.8 Å². The molecule has 0 spiro atoms. The molecule has 1 N–H and O–H groups in total. The lowest BCUT2D eigenvalue weighted by Gasteiger charge is -2.10. The molecule has 1 nitrogen and oxygen atoms in total. The van der Waals surface area contributed by atoms with Crippen molar-refractivity contribution in [3.8, 4) is 0 Å². The zero-order valence-corrected chi connectivity index (χ0v) is 8.73. The Labute approximate surface area is 83.9 Å². The molecule has 1 aromatic rings. The second kappa shape index (κ2) is 4.16. The Morgan fingerprint density at radius 1 is 1.46 bits per heavy atom. The SMILES string of the molecule is CCNCC1CSc2ccccc21. The van der Waals surface area contributed by atoms with Crippen LogP contribution in [-0.4, -0.2) is 18.8 Å². The summed E-state index contributed by atoms with van der Waals surface area (Å²) in [6.07, 6.45) is 0. The van der Waals surface area contributed by atoms with Crippen LogP contribution in [0.2, 0.25) is 0 Å². The standard InChI is InChI=1S/C11H15NS/c1-2-12-7-9-8-13-11-6-4-3-5-10(9)11/h3-6,9,12H,2,7-8H2,1H3. The number of likely N-dealkylation sites (N-methyl/N-ethyl adjacent to an activating group) is 1. The number of nitrogens with one attached hydrogen (secondary N) is 1. The first kappa shape index (κ1) is 9.10. The number of thioether (sulfide) groups is 1. The van der Waals surface area contributed by atoms with Crippen molar-refractivity contribution >= 4 is 11.8 Å². The van der Waals surface area contributed by atoms with Gasteiger partial charge in [-0.1, -0.05) is 25.1 Å². The highest BCUT2D eigenvalue weighted by molar-refractivity contribution is 7.99. The van der Waals surface area contributed by atoms with Gasteiger partial charge in [-0.25, -0.2) is 0 Å². The van der Waals surface area contributed by atoms with Crippen molar-refractivity contribution in [3.05, 3.63) is 29.8 Å². The molecule has 70 valence electrons. The van der Waals surface area contributed by atoms with Gasteiger partial charge < -0.3 is 5.32 Å². The van der Waals surface area contributed by atoms with Crippen LogP contribution in [0.3, 0.4) is 0 Å². The molecule has 1 heterocycles. The highest BCUT2D eigenvalue weighted by atomic mass is 32.2. The largest absolute Gasteiger partial charge is 0.316 e. The van der Waals surface area contributed by atoms with Gasteiger partial charge in [0.25, 0.3) is 0 Å². The van der Waals surface area contributed by atoms with E-state index in [0.717, 1.165) is 19.0 Å². The molecule has 13 heavy (non-hydrogen) atoms. The molecule has 0 amide bonds. The van der Waals surface area contributed by atoms with E-state index in [1.165, 1.54) is 16.2 Å². The van der Waals surface area contributed by atoms with Crippen LogP contribution in [0.1, 0.15) is 18.4 Å². The monoisotopic (exact) mass is 193 g/mol. The summed E-state index contributed by atoms with van der Waals surface area (Å²) in [7, 11) is 0. The average Bonchev–Trinajstić information content (AvgIpc) is 2.58. The van der Waals surface area contributed by atoms with E-state index in [-0.39, 0.29) is 0 Å². The Kier molecular flexibility index (Phi) is 2.91. The zero-order valence-electron chi connectivity index (χ0n) is 7.92. The van der Waals surface area contributed by atoms with E-state index in [1.54, 1.807) is 0 Å². The van der Waals surface area contributed by atoms with E-state index in [1.807, 2.05) is 11.8 Å². The van der Waals surface area contributed by atoms with Crippen molar-refractivity contribution in [2.24, 2.45) is 0 Å². The van der Waals surface area contributed by atoms with Crippen LogP contribution in [0, 0.1) is 0 Å². The zero-order chi connectivity index (χ0) is 9.10. The quantitative estimate of drug-likeness (QED) is 0.791. The van der Waals surface area contributed by atoms with Gasteiger partial charge >= 0.3 is 0 Å². The molecule has 0 saturated heterocycles. The second-order valence-electron chi connectivity index (χ2n) is 3.35. The van der Waals surface area contributed by atoms with Gasteiger partial charge in [-0.2, -0.15) is 0 Å². The van der Waals surface area contributed by atoms with Crippen LogP contribution in [-0.2, 0) is 0 Å². The van der Waals surface area contributed by atoms with Crippen LogP contribution < -0.4 is 5.32 Å². The van der Waals surface area contributed by atoms with E-state index < -0.39 is 0 Å². The summed E-state index contributed by atoms with van der Waals surface area (Å²) in [4.78, 5) is 1.48. The van der Waals surface area contributed by atoms with Crippen LogP contribution in [0.4, 0.5) is 0 Å². The van der Waals surface area contributed by atoms with E-state index in [0.29, 0.717) is 0 Å². The summed E-state index contributed by atoms with van der Waals surface area (Å²) in [5.74, 6) is 1.97. The molecule has 1 atom stereocenters. The topological polar surface area (TPSA) is 12.0 Å². The predicted octanol–water partition coefficient (Wildman–Crippen LogP) is 2.49. The number of fused-ring (bicyclic) bond motifs is 1. The molecule has 1 unspecified atom stereocenters. The van der Waals surface area contributed by atoms with Crippen molar-refractivity contribution in [3.63, 3.8) is 0 Å². The molecule has 2 rings (SSSR count). The van der Waals surface area contributed by atoms with Gasteiger partial charge in [-0.15, -0.1) is 11.8 Å². The first-order chi connectivity index (χ1) is 6.42. The Morgan fingerprint density at radius 3 is 3.15 bits per heavy atom. The van der Waals surface area contributed by atoms with Crippen molar-refractivity contribution in [1.29, 1.82) is 0 Å². The van der Waals surface area contributed by atoms with Gasteiger partial charge in [0.15, 0.2) is 0 Å².